The smallest absolute Gasteiger partial charge is 0.166 e. The molecule has 0 spiro atoms. The summed E-state index contributed by atoms with van der Waals surface area (Å²) in [6.07, 6.45) is 15.3. The first-order valence-electron chi connectivity index (χ1n) is 8.38. The van der Waals surface area contributed by atoms with Gasteiger partial charge in [0.05, 0.1) is 0 Å². The first-order chi connectivity index (χ1) is 9.31. The fourth-order valence-electron chi connectivity index (χ4n) is 4.42. The van der Waals surface area contributed by atoms with Gasteiger partial charge in [-0.2, -0.15) is 0 Å². The third-order valence-corrected chi connectivity index (χ3v) is 5.73. The summed E-state index contributed by atoms with van der Waals surface area (Å²) < 4.78 is 0. The lowest BCUT2D eigenvalue weighted by atomic mass is 9.95. The Labute approximate surface area is 123 Å². The minimum Gasteiger partial charge on any atom is -0.360 e. The highest BCUT2D eigenvalue weighted by Gasteiger charge is 2.39. The van der Waals surface area contributed by atoms with E-state index in [4.69, 9.17) is 12.2 Å². The summed E-state index contributed by atoms with van der Waals surface area (Å²) in [7, 11) is 0. The molecule has 0 unspecified atom stereocenters. The minimum absolute atomic E-state index is 0.624. The van der Waals surface area contributed by atoms with Crippen LogP contribution in [-0.2, 0) is 0 Å². The topological polar surface area (TPSA) is 24.1 Å². The van der Waals surface area contributed by atoms with Gasteiger partial charge in [-0.1, -0.05) is 38.5 Å². The Morgan fingerprint density at radius 1 is 0.789 bits per heavy atom. The van der Waals surface area contributed by atoms with Gasteiger partial charge in [-0.3, -0.25) is 0 Å². The second-order valence-electron chi connectivity index (χ2n) is 6.94. The monoisotopic (exact) mass is 280 g/mol. The van der Waals surface area contributed by atoms with Gasteiger partial charge >= 0.3 is 0 Å². The predicted octanol–water partition coefficient (Wildman–Crippen LogP) is 3.75. The van der Waals surface area contributed by atoms with Gasteiger partial charge in [0.25, 0.3) is 0 Å². The summed E-state index contributed by atoms with van der Waals surface area (Å²) in [4.78, 5) is 0. The van der Waals surface area contributed by atoms with Crippen molar-refractivity contribution in [3.05, 3.63) is 0 Å². The van der Waals surface area contributed by atoms with Crippen molar-refractivity contribution in [2.24, 2.45) is 11.8 Å². The molecule has 2 N–H and O–H groups in total. The zero-order chi connectivity index (χ0) is 13.1. The second-order valence-corrected chi connectivity index (χ2v) is 7.35. The molecular weight excluding hydrogens is 252 g/mol. The van der Waals surface area contributed by atoms with E-state index in [-0.39, 0.29) is 0 Å². The molecule has 0 aliphatic heterocycles. The van der Waals surface area contributed by atoms with Crippen LogP contribution in [0, 0.1) is 11.8 Å². The molecule has 3 aliphatic rings. The van der Waals surface area contributed by atoms with E-state index < -0.39 is 0 Å². The lowest BCUT2D eigenvalue weighted by molar-refractivity contribution is 0.382. The van der Waals surface area contributed by atoms with E-state index in [1.165, 1.54) is 70.6 Å². The first kappa shape index (κ1) is 13.7. The van der Waals surface area contributed by atoms with E-state index in [0.29, 0.717) is 12.1 Å². The van der Waals surface area contributed by atoms with Crippen molar-refractivity contribution in [2.75, 3.05) is 0 Å². The summed E-state index contributed by atoms with van der Waals surface area (Å²) in [5.74, 6) is 1.90. The molecule has 3 heteroatoms. The van der Waals surface area contributed by atoms with Crippen molar-refractivity contribution >= 4 is 17.3 Å². The zero-order valence-electron chi connectivity index (χ0n) is 12.0. The molecule has 19 heavy (non-hydrogen) atoms. The molecular formula is C16H28N2S. The summed E-state index contributed by atoms with van der Waals surface area (Å²) >= 11 is 5.54. The number of thiocarbonyl (C=S) groups is 1. The van der Waals surface area contributed by atoms with Crippen LogP contribution in [0.1, 0.15) is 70.6 Å². The second kappa shape index (κ2) is 6.43. The van der Waals surface area contributed by atoms with Crippen molar-refractivity contribution in [2.45, 2.75) is 82.7 Å². The van der Waals surface area contributed by atoms with E-state index >= 15 is 0 Å². The summed E-state index contributed by atoms with van der Waals surface area (Å²) in [6, 6.07) is 1.30. The van der Waals surface area contributed by atoms with Crippen LogP contribution in [-0.4, -0.2) is 17.2 Å². The zero-order valence-corrected chi connectivity index (χ0v) is 12.8. The Hall–Kier alpha value is -0.310. The first-order valence-corrected chi connectivity index (χ1v) is 8.79. The quantitative estimate of drug-likeness (QED) is 0.753. The number of fused-ring (bicyclic) bond motifs is 2. The average Bonchev–Trinajstić information content (AvgIpc) is 2.94. The van der Waals surface area contributed by atoms with Gasteiger partial charge in [0.2, 0.25) is 0 Å². The van der Waals surface area contributed by atoms with Crippen molar-refractivity contribution < 1.29 is 0 Å². The van der Waals surface area contributed by atoms with Crippen molar-refractivity contribution in [1.29, 1.82) is 0 Å². The maximum Gasteiger partial charge on any atom is 0.166 e. The SMILES string of the molecule is S=C(NC1CCCCCCC1)N[C@H]1C[C@H]2CC[C@H]1C2. The van der Waals surface area contributed by atoms with Crippen LogP contribution in [0.15, 0.2) is 0 Å². The van der Waals surface area contributed by atoms with Crippen LogP contribution in [0.2, 0.25) is 0 Å². The lowest BCUT2D eigenvalue weighted by Crippen LogP contribution is -2.47. The highest BCUT2D eigenvalue weighted by molar-refractivity contribution is 7.80. The maximum absolute atomic E-state index is 5.54. The molecule has 0 aromatic heterocycles. The Morgan fingerprint density at radius 2 is 1.53 bits per heavy atom. The van der Waals surface area contributed by atoms with Gasteiger partial charge in [-0.15, -0.1) is 0 Å². The minimum atomic E-state index is 0.624. The molecule has 3 rings (SSSR count). The fraction of sp³-hybridized carbons (Fsp3) is 0.938. The van der Waals surface area contributed by atoms with Crippen molar-refractivity contribution in [3.8, 4) is 0 Å². The Balaban J connectivity index is 1.42. The number of hydrogen-bond acceptors (Lipinski definition) is 1. The number of rotatable bonds is 2. The highest BCUT2D eigenvalue weighted by atomic mass is 32.1. The van der Waals surface area contributed by atoms with Crippen LogP contribution in [0.5, 0.6) is 0 Å². The molecule has 3 fully saturated rings. The Morgan fingerprint density at radius 3 is 2.16 bits per heavy atom. The molecule has 3 atom stereocenters. The largest absolute Gasteiger partial charge is 0.360 e. The van der Waals surface area contributed by atoms with Crippen LogP contribution < -0.4 is 10.6 Å². The molecule has 3 aliphatic carbocycles. The number of nitrogens with one attached hydrogen (secondary N) is 2. The molecule has 108 valence electrons. The van der Waals surface area contributed by atoms with E-state index in [2.05, 4.69) is 10.6 Å². The van der Waals surface area contributed by atoms with Gasteiger partial charge in [0.1, 0.15) is 0 Å². The maximum atomic E-state index is 5.54. The van der Waals surface area contributed by atoms with E-state index in [9.17, 15) is 0 Å². The molecule has 0 heterocycles. The lowest BCUT2D eigenvalue weighted by Gasteiger charge is -2.28. The van der Waals surface area contributed by atoms with E-state index in [1.807, 2.05) is 0 Å². The highest BCUT2D eigenvalue weighted by Crippen LogP contribution is 2.44. The van der Waals surface area contributed by atoms with Crippen LogP contribution >= 0.6 is 12.2 Å². The molecule has 2 nitrogen and oxygen atoms in total. The van der Waals surface area contributed by atoms with Gasteiger partial charge in [0.15, 0.2) is 5.11 Å². The average molecular weight is 280 g/mol. The molecule has 0 amide bonds. The van der Waals surface area contributed by atoms with Gasteiger partial charge in [-0.25, -0.2) is 0 Å². The predicted molar refractivity (Wildman–Crippen MR) is 84.2 cm³/mol. The third-order valence-electron chi connectivity index (χ3n) is 5.49. The molecule has 0 aromatic rings. The Kier molecular flexibility index (Phi) is 4.62. The van der Waals surface area contributed by atoms with E-state index in [0.717, 1.165) is 16.9 Å². The van der Waals surface area contributed by atoms with Gasteiger partial charge < -0.3 is 10.6 Å². The number of hydrogen-bond donors (Lipinski definition) is 2. The molecule has 3 saturated carbocycles. The van der Waals surface area contributed by atoms with Crippen LogP contribution in [0.3, 0.4) is 0 Å². The Bertz CT molecular complexity index is 310. The molecule has 2 bridgehead atoms. The van der Waals surface area contributed by atoms with Gasteiger partial charge in [0, 0.05) is 12.1 Å². The van der Waals surface area contributed by atoms with Crippen molar-refractivity contribution in [1.82, 2.24) is 10.6 Å². The summed E-state index contributed by atoms with van der Waals surface area (Å²) in [5.41, 5.74) is 0. The van der Waals surface area contributed by atoms with Crippen LogP contribution in [0.25, 0.3) is 0 Å². The molecule has 0 radical (unpaired) electrons. The van der Waals surface area contributed by atoms with Gasteiger partial charge in [-0.05, 0) is 56.2 Å². The normalized spacial score (nSPS) is 35.7. The standard InChI is InChI=1S/C16H28N2S/c19-16(17-14-6-4-2-1-3-5-7-14)18-15-11-12-8-9-13(15)10-12/h12-15H,1-11H2,(H2,17,18,19)/t12-,13-,15-/m0/s1. The molecule has 0 saturated heterocycles. The molecule has 0 aromatic carbocycles. The van der Waals surface area contributed by atoms with Crippen LogP contribution in [0.4, 0.5) is 0 Å². The van der Waals surface area contributed by atoms with E-state index in [1.54, 1.807) is 0 Å². The third kappa shape index (κ3) is 3.62. The fourth-order valence-corrected chi connectivity index (χ4v) is 4.74. The summed E-state index contributed by atoms with van der Waals surface area (Å²) in [6.45, 7) is 0. The summed E-state index contributed by atoms with van der Waals surface area (Å²) in [5, 5.41) is 8.14. The van der Waals surface area contributed by atoms with Crippen molar-refractivity contribution in [3.63, 3.8) is 0 Å².